The first-order valence-corrected chi connectivity index (χ1v) is 10.7. The first-order valence-electron chi connectivity index (χ1n) is 10.7. The van der Waals surface area contributed by atoms with Gasteiger partial charge in [-0.15, -0.1) is 0 Å². The number of carbonyl (C=O) groups is 1. The molecule has 7 nitrogen and oxygen atoms in total. The molecule has 2 aromatic carbocycles. The monoisotopic (exact) mass is 432 g/mol. The lowest BCUT2D eigenvalue weighted by atomic mass is 9.87. The van der Waals surface area contributed by atoms with Crippen molar-refractivity contribution in [3.8, 4) is 5.75 Å². The largest absolute Gasteiger partial charge is 0.489 e. The van der Waals surface area contributed by atoms with Gasteiger partial charge in [0, 0.05) is 29.0 Å². The van der Waals surface area contributed by atoms with Gasteiger partial charge in [0.25, 0.3) is 0 Å². The number of aryl methyl sites for hydroxylation is 1. The van der Waals surface area contributed by atoms with E-state index >= 15 is 0 Å². The van der Waals surface area contributed by atoms with Crippen molar-refractivity contribution in [3.63, 3.8) is 0 Å². The van der Waals surface area contributed by atoms with E-state index in [-0.39, 0.29) is 18.6 Å². The van der Waals surface area contributed by atoms with E-state index in [4.69, 9.17) is 14.3 Å². The number of benzene rings is 2. The Bertz CT molecular complexity index is 1170. The molecule has 0 aliphatic carbocycles. The third-order valence-electron chi connectivity index (χ3n) is 6.12. The van der Waals surface area contributed by atoms with E-state index < -0.39 is 11.9 Å². The van der Waals surface area contributed by atoms with Crippen LogP contribution in [0.15, 0.2) is 59.8 Å². The summed E-state index contributed by atoms with van der Waals surface area (Å²) in [6, 6.07) is 17.9. The van der Waals surface area contributed by atoms with Crippen molar-refractivity contribution < 1.29 is 24.2 Å². The fourth-order valence-electron chi connectivity index (χ4n) is 4.41. The second kappa shape index (κ2) is 8.59. The fraction of sp³-hybridized carbons (Fsp3) is 0.320. The molecule has 3 atom stereocenters. The van der Waals surface area contributed by atoms with E-state index in [0.29, 0.717) is 19.6 Å². The minimum Gasteiger partial charge on any atom is -0.489 e. The molecule has 3 heterocycles. The number of hydrogen-bond donors (Lipinski definition) is 1. The number of nitrogens with zero attached hydrogens (tertiary/aromatic N) is 2. The standard InChI is InChI=1S/C25H24N2O5/c1-15-10-17(19-4-2-3-5-22(19)26-15)12-31-18-8-6-16(7-9-18)23-11-24(32-27-23)20-13-30-14-21(20)25(28)29/h2-10,20-21,24H,11-14H2,1H3,(H,28,29). The SMILES string of the molecule is Cc1cc(COc2ccc(C3=NOC(C4COCC4C(=O)O)C3)cc2)c2ccccc2n1. The molecule has 164 valence electrons. The highest BCUT2D eigenvalue weighted by molar-refractivity contribution is 6.01. The molecule has 0 spiro atoms. The quantitative estimate of drug-likeness (QED) is 0.634. The van der Waals surface area contributed by atoms with Crippen LogP contribution in [0.3, 0.4) is 0 Å². The number of oxime groups is 1. The minimum atomic E-state index is -0.844. The highest BCUT2D eigenvalue weighted by Crippen LogP contribution is 2.32. The third-order valence-corrected chi connectivity index (χ3v) is 6.12. The number of carboxylic acid groups (broad SMARTS) is 1. The molecule has 0 saturated carbocycles. The van der Waals surface area contributed by atoms with Crippen molar-refractivity contribution in [3.05, 3.63) is 71.4 Å². The van der Waals surface area contributed by atoms with Crippen LogP contribution in [0.4, 0.5) is 0 Å². The predicted octanol–water partition coefficient (Wildman–Crippen LogP) is 3.96. The predicted molar refractivity (Wildman–Crippen MR) is 119 cm³/mol. The van der Waals surface area contributed by atoms with Crippen molar-refractivity contribution in [2.75, 3.05) is 13.2 Å². The van der Waals surface area contributed by atoms with Crippen LogP contribution in [0, 0.1) is 18.8 Å². The van der Waals surface area contributed by atoms with Crippen LogP contribution in [0.1, 0.15) is 23.2 Å². The van der Waals surface area contributed by atoms with Gasteiger partial charge in [0.15, 0.2) is 0 Å². The molecule has 0 amide bonds. The molecule has 1 aromatic heterocycles. The normalized spacial score (nSPS) is 22.5. The van der Waals surface area contributed by atoms with Crippen LogP contribution in [-0.4, -0.2) is 41.1 Å². The summed E-state index contributed by atoms with van der Waals surface area (Å²) in [5.74, 6) is -0.810. The minimum absolute atomic E-state index is 0.185. The average molecular weight is 432 g/mol. The van der Waals surface area contributed by atoms with E-state index in [9.17, 15) is 9.90 Å². The number of rotatable bonds is 6. The number of aliphatic carboxylic acids is 1. The van der Waals surface area contributed by atoms with Crippen LogP contribution in [0.2, 0.25) is 0 Å². The van der Waals surface area contributed by atoms with Gasteiger partial charge in [0.2, 0.25) is 0 Å². The molecular weight excluding hydrogens is 408 g/mol. The van der Waals surface area contributed by atoms with Gasteiger partial charge >= 0.3 is 5.97 Å². The molecule has 1 N–H and O–H groups in total. The van der Waals surface area contributed by atoms with Gasteiger partial charge in [-0.3, -0.25) is 9.78 Å². The summed E-state index contributed by atoms with van der Waals surface area (Å²) < 4.78 is 11.4. The summed E-state index contributed by atoms with van der Waals surface area (Å²) in [5.41, 5.74) is 4.78. The van der Waals surface area contributed by atoms with Crippen molar-refractivity contribution in [2.24, 2.45) is 17.0 Å². The number of para-hydroxylation sites is 1. The van der Waals surface area contributed by atoms with Gasteiger partial charge in [-0.05, 0) is 48.9 Å². The van der Waals surface area contributed by atoms with E-state index in [1.54, 1.807) is 0 Å². The van der Waals surface area contributed by atoms with Gasteiger partial charge < -0.3 is 19.4 Å². The number of carboxylic acids is 1. The molecule has 3 aromatic rings. The van der Waals surface area contributed by atoms with Crippen molar-refractivity contribution in [1.82, 2.24) is 4.98 Å². The molecule has 2 aliphatic rings. The number of ether oxygens (including phenoxy) is 2. The molecule has 5 rings (SSSR count). The summed E-state index contributed by atoms with van der Waals surface area (Å²) >= 11 is 0. The van der Waals surface area contributed by atoms with Gasteiger partial charge in [-0.2, -0.15) is 0 Å². The Morgan fingerprint density at radius 3 is 2.78 bits per heavy atom. The molecule has 0 bridgehead atoms. The van der Waals surface area contributed by atoms with E-state index in [0.717, 1.165) is 39.2 Å². The summed E-state index contributed by atoms with van der Waals surface area (Å²) in [6.07, 6.45) is 0.299. The van der Waals surface area contributed by atoms with E-state index in [1.165, 1.54) is 0 Å². The molecule has 3 unspecified atom stereocenters. The number of aromatic nitrogens is 1. The first kappa shape index (κ1) is 20.5. The second-order valence-corrected chi connectivity index (χ2v) is 8.28. The molecule has 2 aliphatic heterocycles. The second-order valence-electron chi connectivity index (χ2n) is 8.28. The summed E-state index contributed by atoms with van der Waals surface area (Å²) in [6.45, 7) is 3.06. The topological polar surface area (TPSA) is 90.2 Å². The fourth-order valence-corrected chi connectivity index (χ4v) is 4.41. The molecule has 0 radical (unpaired) electrons. The Morgan fingerprint density at radius 2 is 1.97 bits per heavy atom. The Kier molecular flexibility index (Phi) is 5.49. The van der Waals surface area contributed by atoms with Crippen LogP contribution >= 0.6 is 0 Å². The van der Waals surface area contributed by atoms with Gasteiger partial charge in [-0.1, -0.05) is 23.4 Å². The summed E-state index contributed by atoms with van der Waals surface area (Å²) in [4.78, 5) is 21.6. The smallest absolute Gasteiger partial charge is 0.309 e. The molecule has 7 heteroatoms. The number of fused-ring (bicyclic) bond motifs is 1. The maximum atomic E-state index is 11.4. The Morgan fingerprint density at radius 1 is 1.16 bits per heavy atom. The zero-order valence-electron chi connectivity index (χ0n) is 17.7. The zero-order chi connectivity index (χ0) is 22.1. The molecule has 1 saturated heterocycles. The molecular formula is C25H24N2O5. The van der Waals surface area contributed by atoms with E-state index in [2.05, 4.69) is 22.3 Å². The lowest BCUT2D eigenvalue weighted by Gasteiger charge is -2.18. The molecule has 1 fully saturated rings. The maximum absolute atomic E-state index is 11.4. The van der Waals surface area contributed by atoms with Crippen molar-refractivity contribution in [1.29, 1.82) is 0 Å². The zero-order valence-corrected chi connectivity index (χ0v) is 17.7. The van der Waals surface area contributed by atoms with Crippen LogP contribution in [0.5, 0.6) is 5.75 Å². The van der Waals surface area contributed by atoms with E-state index in [1.807, 2.05) is 49.4 Å². The molecule has 32 heavy (non-hydrogen) atoms. The Balaban J connectivity index is 1.23. The highest BCUT2D eigenvalue weighted by Gasteiger charge is 2.42. The van der Waals surface area contributed by atoms with Crippen molar-refractivity contribution >= 4 is 22.6 Å². The van der Waals surface area contributed by atoms with Gasteiger partial charge in [0.1, 0.15) is 18.5 Å². The third kappa shape index (κ3) is 4.03. The number of hydrogen-bond acceptors (Lipinski definition) is 6. The maximum Gasteiger partial charge on any atom is 0.309 e. The van der Waals surface area contributed by atoms with Crippen LogP contribution in [-0.2, 0) is 21.0 Å². The van der Waals surface area contributed by atoms with Crippen LogP contribution < -0.4 is 4.74 Å². The lowest BCUT2D eigenvalue weighted by Crippen LogP contribution is -2.32. The van der Waals surface area contributed by atoms with Crippen molar-refractivity contribution in [2.45, 2.75) is 26.1 Å². The first-order chi connectivity index (χ1) is 15.6. The Labute approximate surface area is 185 Å². The average Bonchev–Trinajstić information content (AvgIpc) is 3.47. The summed E-state index contributed by atoms with van der Waals surface area (Å²) in [7, 11) is 0. The Hall–Kier alpha value is -3.45. The van der Waals surface area contributed by atoms with Gasteiger partial charge in [0.05, 0.1) is 30.4 Å². The van der Waals surface area contributed by atoms with Crippen LogP contribution in [0.25, 0.3) is 10.9 Å². The highest BCUT2D eigenvalue weighted by atomic mass is 16.6. The number of pyridine rings is 1. The lowest BCUT2D eigenvalue weighted by molar-refractivity contribution is -0.144. The summed E-state index contributed by atoms with van der Waals surface area (Å²) in [5, 5.41) is 14.7. The van der Waals surface area contributed by atoms with Gasteiger partial charge in [-0.25, -0.2) is 0 Å².